The molecule has 2 aromatic rings. The summed E-state index contributed by atoms with van der Waals surface area (Å²) in [6, 6.07) is 8.52. The highest BCUT2D eigenvalue weighted by Crippen LogP contribution is 2.23. The van der Waals surface area contributed by atoms with Gasteiger partial charge in [0.2, 0.25) is 0 Å². The van der Waals surface area contributed by atoms with E-state index in [1.165, 1.54) is 24.6 Å². The lowest BCUT2D eigenvalue weighted by atomic mass is 10.0. The van der Waals surface area contributed by atoms with Crippen molar-refractivity contribution in [1.82, 2.24) is 19.8 Å². The summed E-state index contributed by atoms with van der Waals surface area (Å²) in [6.07, 6.45) is 8.13. The maximum absolute atomic E-state index is 10.5. The third kappa shape index (κ3) is 7.01. The maximum atomic E-state index is 10.5. The molecule has 2 N–H and O–H groups in total. The van der Waals surface area contributed by atoms with Crippen molar-refractivity contribution in [2.45, 2.75) is 37.8 Å². The fraction of sp³-hybridized carbons (Fsp3) is 0.583. The van der Waals surface area contributed by atoms with Gasteiger partial charge < -0.3 is 35.4 Å². The molecular formula is C24H38N8O2. The average Bonchev–Trinajstić information content (AvgIpc) is 2.85. The Hall–Kier alpha value is -2.98. The molecule has 0 saturated carbocycles. The van der Waals surface area contributed by atoms with Crippen molar-refractivity contribution >= 4 is 23.0 Å². The van der Waals surface area contributed by atoms with Gasteiger partial charge in [-0.3, -0.25) is 0 Å². The van der Waals surface area contributed by atoms with E-state index in [9.17, 15) is 10.1 Å². The summed E-state index contributed by atoms with van der Waals surface area (Å²) in [5.74, 6) is 0.494. The Labute approximate surface area is 202 Å². The summed E-state index contributed by atoms with van der Waals surface area (Å²) >= 11 is 0. The molecular weight excluding hydrogens is 432 g/mol. The Morgan fingerprint density at radius 1 is 0.824 bits per heavy atom. The number of hydrogen-bond donors (Lipinski definition) is 1. The standard InChI is InChI=1S/C12H18N4O2.C12H20N4/c1-14(2)10-5-7-15(8-6-10)11-3-4-12(13-9-11)16(17)18;1-15(2)10-5-7-16(8-6-10)11-3-4-12(13)14-9-11/h3-4,9-10H,5-8H2,1-2H3;3-4,9-10H,5-8H2,1-2H3,(H2,13,14). The van der Waals surface area contributed by atoms with Crippen LogP contribution < -0.4 is 15.5 Å². The van der Waals surface area contributed by atoms with Crippen molar-refractivity contribution in [1.29, 1.82) is 0 Å². The Kier molecular flexibility index (Phi) is 9.00. The normalized spacial score (nSPS) is 17.6. The number of nitrogens with zero attached hydrogens (tertiary/aromatic N) is 7. The first-order chi connectivity index (χ1) is 16.2. The van der Waals surface area contributed by atoms with Gasteiger partial charge in [0.1, 0.15) is 5.82 Å². The lowest BCUT2D eigenvalue weighted by Crippen LogP contribution is -2.42. The average molecular weight is 471 g/mol. The monoisotopic (exact) mass is 470 g/mol. The van der Waals surface area contributed by atoms with E-state index in [2.05, 4.69) is 63.8 Å². The zero-order chi connectivity index (χ0) is 24.7. The maximum Gasteiger partial charge on any atom is 0.363 e. The third-order valence-corrected chi connectivity index (χ3v) is 6.81. The van der Waals surface area contributed by atoms with Gasteiger partial charge in [-0.2, -0.15) is 0 Å². The molecule has 0 spiro atoms. The molecule has 0 unspecified atom stereocenters. The second kappa shape index (κ2) is 11.9. The number of rotatable bonds is 5. The van der Waals surface area contributed by atoms with Crippen LogP contribution in [0.2, 0.25) is 0 Å². The van der Waals surface area contributed by atoms with Gasteiger partial charge in [-0.25, -0.2) is 4.98 Å². The van der Waals surface area contributed by atoms with E-state index in [0.29, 0.717) is 11.9 Å². The molecule has 2 fully saturated rings. The number of piperidine rings is 2. The number of hydrogen-bond acceptors (Lipinski definition) is 9. The predicted molar refractivity (Wildman–Crippen MR) is 137 cm³/mol. The first-order valence-electron chi connectivity index (χ1n) is 11.9. The van der Waals surface area contributed by atoms with Crippen molar-refractivity contribution in [2.75, 3.05) is 69.9 Å². The summed E-state index contributed by atoms with van der Waals surface area (Å²) in [4.78, 5) is 27.2. The van der Waals surface area contributed by atoms with E-state index < -0.39 is 4.92 Å². The van der Waals surface area contributed by atoms with Gasteiger partial charge in [0.25, 0.3) is 0 Å². The molecule has 0 bridgehead atoms. The van der Waals surface area contributed by atoms with Crippen LogP contribution in [0.3, 0.4) is 0 Å². The topological polar surface area (TPSA) is 108 Å². The minimum Gasteiger partial charge on any atom is -0.384 e. The van der Waals surface area contributed by atoms with Crippen LogP contribution >= 0.6 is 0 Å². The van der Waals surface area contributed by atoms with E-state index in [4.69, 9.17) is 5.73 Å². The van der Waals surface area contributed by atoms with E-state index >= 15 is 0 Å². The second-order valence-corrected chi connectivity index (χ2v) is 9.44. The van der Waals surface area contributed by atoms with Crippen LogP contribution in [0.25, 0.3) is 0 Å². The number of nitro groups is 1. The first-order valence-corrected chi connectivity index (χ1v) is 11.9. The number of anilines is 3. The number of aromatic nitrogens is 2. The third-order valence-electron chi connectivity index (χ3n) is 6.81. The fourth-order valence-corrected chi connectivity index (χ4v) is 4.54. The molecule has 0 radical (unpaired) electrons. The highest BCUT2D eigenvalue weighted by Gasteiger charge is 2.22. The predicted octanol–water partition coefficient (Wildman–Crippen LogP) is 2.71. The number of nitrogens with two attached hydrogens (primary N) is 1. The van der Waals surface area contributed by atoms with E-state index in [-0.39, 0.29) is 5.82 Å². The summed E-state index contributed by atoms with van der Waals surface area (Å²) in [7, 11) is 8.53. The van der Waals surface area contributed by atoms with Gasteiger partial charge in [-0.05, 0) is 82.0 Å². The molecule has 0 amide bonds. The van der Waals surface area contributed by atoms with Crippen LogP contribution in [-0.4, -0.2) is 91.1 Å². The van der Waals surface area contributed by atoms with Crippen LogP contribution in [0.1, 0.15) is 25.7 Å². The van der Waals surface area contributed by atoms with Crippen LogP contribution in [0.5, 0.6) is 0 Å². The molecule has 2 saturated heterocycles. The van der Waals surface area contributed by atoms with Crippen molar-refractivity contribution in [3.05, 3.63) is 46.8 Å². The first kappa shape index (κ1) is 25.6. The molecule has 186 valence electrons. The molecule has 10 nitrogen and oxygen atoms in total. The lowest BCUT2D eigenvalue weighted by molar-refractivity contribution is -0.389. The quantitative estimate of drug-likeness (QED) is 0.521. The van der Waals surface area contributed by atoms with E-state index in [0.717, 1.165) is 50.7 Å². The van der Waals surface area contributed by atoms with Crippen molar-refractivity contribution in [3.8, 4) is 0 Å². The second-order valence-electron chi connectivity index (χ2n) is 9.44. The van der Waals surface area contributed by atoms with Crippen LogP contribution in [0.15, 0.2) is 36.7 Å². The molecule has 4 rings (SSSR count). The minimum atomic E-state index is -0.470. The summed E-state index contributed by atoms with van der Waals surface area (Å²) < 4.78 is 0. The van der Waals surface area contributed by atoms with E-state index in [1.807, 2.05) is 12.3 Å². The SMILES string of the molecule is CN(C)C1CCN(c2ccc(N)nc2)CC1.CN(C)C1CCN(c2ccc([N+](=O)[O-])nc2)CC1. The molecule has 2 aromatic heterocycles. The number of pyridine rings is 2. The molecule has 2 aliphatic rings. The van der Waals surface area contributed by atoms with Crippen molar-refractivity contribution < 1.29 is 4.92 Å². The Morgan fingerprint density at radius 3 is 1.59 bits per heavy atom. The molecule has 0 atom stereocenters. The Morgan fingerprint density at radius 2 is 1.26 bits per heavy atom. The fourth-order valence-electron chi connectivity index (χ4n) is 4.54. The molecule has 0 aliphatic carbocycles. The molecule has 34 heavy (non-hydrogen) atoms. The number of nitrogen functional groups attached to an aromatic ring is 1. The van der Waals surface area contributed by atoms with Gasteiger partial charge in [0.15, 0.2) is 6.20 Å². The molecule has 2 aliphatic heterocycles. The molecule has 0 aromatic carbocycles. The molecule has 10 heteroatoms. The largest absolute Gasteiger partial charge is 0.384 e. The van der Waals surface area contributed by atoms with Crippen LogP contribution in [0, 0.1) is 10.1 Å². The highest BCUT2D eigenvalue weighted by atomic mass is 16.6. The van der Waals surface area contributed by atoms with Crippen molar-refractivity contribution in [2.24, 2.45) is 0 Å². The van der Waals surface area contributed by atoms with Gasteiger partial charge in [0, 0.05) is 44.3 Å². The Balaban J connectivity index is 0.000000192. The zero-order valence-corrected chi connectivity index (χ0v) is 20.8. The van der Waals surface area contributed by atoms with Gasteiger partial charge in [-0.1, -0.05) is 0 Å². The summed E-state index contributed by atoms with van der Waals surface area (Å²) in [6.45, 7) is 4.16. The van der Waals surface area contributed by atoms with Gasteiger partial charge in [-0.15, -0.1) is 0 Å². The minimum absolute atomic E-state index is 0.0954. The van der Waals surface area contributed by atoms with Gasteiger partial charge in [0.05, 0.1) is 17.6 Å². The van der Waals surface area contributed by atoms with Crippen LogP contribution in [0.4, 0.5) is 23.0 Å². The highest BCUT2D eigenvalue weighted by molar-refractivity contribution is 5.48. The summed E-state index contributed by atoms with van der Waals surface area (Å²) in [5.41, 5.74) is 7.74. The van der Waals surface area contributed by atoms with Crippen molar-refractivity contribution in [3.63, 3.8) is 0 Å². The summed E-state index contributed by atoms with van der Waals surface area (Å²) in [5, 5.41) is 10.5. The molecule has 4 heterocycles. The van der Waals surface area contributed by atoms with E-state index in [1.54, 1.807) is 12.3 Å². The van der Waals surface area contributed by atoms with Gasteiger partial charge >= 0.3 is 5.82 Å². The smallest absolute Gasteiger partial charge is 0.363 e. The zero-order valence-electron chi connectivity index (χ0n) is 20.8. The van der Waals surface area contributed by atoms with Crippen LogP contribution in [-0.2, 0) is 0 Å². The lowest BCUT2D eigenvalue weighted by Gasteiger charge is -2.36. The Bertz CT molecular complexity index is 888.